The van der Waals surface area contributed by atoms with Crippen LogP contribution in [-0.2, 0) is 4.74 Å². The van der Waals surface area contributed by atoms with Gasteiger partial charge in [0.15, 0.2) is 0 Å². The smallest absolute Gasteiger partial charge is 0.321 e. The highest BCUT2D eigenvalue weighted by atomic mass is 16.5. The Kier molecular flexibility index (Phi) is 6.36. The lowest BCUT2D eigenvalue weighted by Crippen LogP contribution is -2.43. The molecule has 37 heavy (non-hydrogen) atoms. The third kappa shape index (κ3) is 4.37. The summed E-state index contributed by atoms with van der Waals surface area (Å²) in [5, 5.41) is 9.72. The molecule has 3 aliphatic carbocycles. The van der Waals surface area contributed by atoms with Crippen LogP contribution in [0.2, 0.25) is 0 Å². The molecule has 2 fully saturated rings. The summed E-state index contributed by atoms with van der Waals surface area (Å²) >= 11 is 0. The fourth-order valence-electron chi connectivity index (χ4n) is 5.61. The van der Waals surface area contributed by atoms with Crippen LogP contribution in [0.25, 0.3) is 34.8 Å². The number of fused-ring (bicyclic) bond motifs is 1. The van der Waals surface area contributed by atoms with Crippen molar-refractivity contribution in [2.45, 2.75) is 77.0 Å². The minimum Gasteiger partial charge on any atom is -0.374 e. The first-order valence-corrected chi connectivity index (χ1v) is 13.6. The Morgan fingerprint density at radius 3 is 2.54 bits per heavy atom. The minimum absolute atomic E-state index is 0.0557. The highest BCUT2D eigenvalue weighted by Crippen LogP contribution is 2.38. The van der Waals surface area contributed by atoms with E-state index >= 15 is 0 Å². The average Bonchev–Trinajstić information content (AvgIpc) is 3.39. The van der Waals surface area contributed by atoms with Crippen molar-refractivity contribution >= 4 is 23.9 Å². The summed E-state index contributed by atoms with van der Waals surface area (Å²) in [6.07, 6.45) is 12.3. The predicted octanol–water partition coefficient (Wildman–Crippen LogP) is 4.62. The van der Waals surface area contributed by atoms with Gasteiger partial charge < -0.3 is 24.0 Å². The van der Waals surface area contributed by atoms with Gasteiger partial charge in [0, 0.05) is 48.9 Å². The molecule has 2 aromatic heterocycles. The van der Waals surface area contributed by atoms with Crippen molar-refractivity contribution in [2.75, 3.05) is 19.0 Å². The van der Waals surface area contributed by atoms with Gasteiger partial charge in [0.25, 0.3) is 0 Å². The second-order valence-corrected chi connectivity index (χ2v) is 10.4. The van der Waals surface area contributed by atoms with E-state index in [1.807, 2.05) is 37.9 Å². The molecule has 1 N–H and O–H groups in total. The fourth-order valence-corrected chi connectivity index (χ4v) is 5.61. The van der Waals surface area contributed by atoms with Crippen LogP contribution in [0.5, 0.6) is 0 Å². The third-order valence-corrected chi connectivity index (χ3v) is 8.10. The number of urea groups is 1. The van der Waals surface area contributed by atoms with Crippen LogP contribution in [-0.4, -0.2) is 51.4 Å². The molecule has 6 rings (SSSR count). The molecule has 8 heteroatoms. The molecule has 1 unspecified atom stereocenters. The van der Waals surface area contributed by atoms with Gasteiger partial charge in [-0.25, -0.2) is 4.79 Å². The highest BCUT2D eigenvalue weighted by Gasteiger charge is 2.30. The third-order valence-electron chi connectivity index (χ3n) is 8.10. The summed E-state index contributed by atoms with van der Waals surface area (Å²) in [7, 11) is 1.88. The highest BCUT2D eigenvalue weighted by molar-refractivity contribution is 5.90. The number of nitrogens with one attached hydrogen (secondary N) is 1. The van der Waals surface area contributed by atoms with Crippen LogP contribution in [0.3, 0.4) is 0 Å². The number of rotatable bonds is 7. The first kappa shape index (κ1) is 24.0. The number of anilines is 1. The van der Waals surface area contributed by atoms with Crippen molar-refractivity contribution in [2.24, 2.45) is 0 Å². The van der Waals surface area contributed by atoms with Crippen LogP contribution < -0.4 is 15.9 Å². The maximum Gasteiger partial charge on any atom is 0.321 e. The lowest BCUT2D eigenvalue weighted by Gasteiger charge is -2.34. The summed E-state index contributed by atoms with van der Waals surface area (Å²) in [6.45, 7) is 4.55. The molecule has 0 spiro atoms. The molecule has 2 heterocycles. The number of hydrogen-bond acceptors (Lipinski definition) is 5. The molecule has 8 nitrogen and oxygen atoms in total. The van der Waals surface area contributed by atoms with E-state index in [4.69, 9.17) is 9.26 Å². The molecule has 0 aliphatic heterocycles. The second kappa shape index (κ2) is 9.82. The zero-order valence-electron chi connectivity index (χ0n) is 21.9. The summed E-state index contributed by atoms with van der Waals surface area (Å²) in [4.78, 5) is 19.2. The van der Waals surface area contributed by atoms with Crippen molar-refractivity contribution in [3.8, 4) is 22.6 Å². The van der Waals surface area contributed by atoms with E-state index in [-0.39, 0.29) is 12.1 Å². The summed E-state index contributed by atoms with van der Waals surface area (Å²) in [6, 6.07) is 8.87. The lowest BCUT2D eigenvalue weighted by molar-refractivity contribution is 0.110. The number of hydrogen-bond donors (Lipinski definition) is 1. The predicted molar refractivity (Wildman–Crippen MR) is 143 cm³/mol. The van der Waals surface area contributed by atoms with Gasteiger partial charge >= 0.3 is 6.03 Å². The topological polar surface area (TPSA) is 85.4 Å². The van der Waals surface area contributed by atoms with Crippen LogP contribution in [0.15, 0.2) is 28.8 Å². The second-order valence-electron chi connectivity index (χ2n) is 10.4. The van der Waals surface area contributed by atoms with E-state index in [0.29, 0.717) is 30.4 Å². The van der Waals surface area contributed by atoms with Gasteiger partial charge in [-0.1, -0.05) is 23.4 Å². The number of aromatic nitrogens is 3. The van der Waals surface area contributed by atoms with Crippen LogP contribution in [0.4, 0.5) is 10.5 Å². The van der Waals surface area contributed by atoms with E-state index in [2.05, 4.69) is 44.3 Å². The minimum atomic E-state index is -0.0557. The molecule has 1 atom stereocenters. The van der Waals surface area contributed by atoms with E-state index in [1.165, 1.54) is 18.2 Å². The maximum atomic E-state index is 12.7. The number of aryl methyl sites for hydroxylation is 1. The number of benzene rings is 1. The molecule has 3 aromatic rings. The van der Waals surface area contributed by atoms with E-state index < -0.39 is 0 Å². The van der Waals surface area contributed by atoms with Crippen LogP contribution in [0, 0.1) is 6.92 Å². The fraction of sp³-hybridized carbons (Fsp3) is 0.483. The Morgan fingerprint density at radius 1 is 1.19 bits per heavy atom. The number of amides is 2. The zero-order chi connectivity index (χ0) is 25.5. The van der Waals surface area contributed by atoms with Crippen molar-refractivity contribution in [1.82, 2.24) is 19.6 Å². The molecule has 0 saturated heterocycles. The normalized spacial score (nSPS) is 19.3. The Bertz CT molecular complexity index is 1410. The zero-order valence-corrected chi connectivity index (χ0v) is 21.9. The molecule has 194 valence electrons. The number of carbonyl (C=O) groups is 1. The van der Waals surface area contributed by atoms with Gasteiger partial charge in [0.05, 0.1) is 17.4 Å². The number of carbonyl (C=O) groups excluding carboxylic acids is 1. The van der Waals surface area contributed by atoms with Gasteiger partial charge in [-0.15, -0.1) is 0 Å². The molecular weight excluding hydrogens is 466 g/mol. The maximum absolute atomic E-state index is 12.7. The molecule has 3 aliphatic rings. The average molecular weight is 502 g/mol. The first-order valence-electron chi connectivity index (χ1n) is 13.6. The SMILES string of the molecule is CCOC1C=c2c(c(-c3noc(C)n3)c(-c3ccc(NC(=O)N(C)C4CCC4)cc3)n2C2CCC2)=CC1. The quantitative estimate of drug-likeness (QED) is 0.510. The first-order chi connectivity index (χ1) is 18.0. The number of nitrogens with zero attached hydrogens (tertiary/aromatic N) is 4. The van der Waals surface area contributed by atoms with Crippen LogP contribution in [0.1, 0.15) is 63.8 Å². The van der Waals surface area contributed by atoms with Gasteiger partial charge in [0.1, 0.15) is 0 Å². The van der Waals surface area contributed by atoms with Gasteiger partial charge in [-0.3, -0.25) is 0 Å². The Hall–Kier alpha value is -3.39. The Morgan fingerprint density at radius 2 is 1.95 bits per heavy atom. The largest absolute Gasteiger partial charge is 0.374 e. The van der Waals surface area contributed by atoms with Crippen molar-refractivity contribution in [3.05, 3.63) is 40.7 Å². The molecule has 2 saturated carbocycles. The standard InChI is InChI=1S/C29H35N5O3/c1-4-36-23-15-16-24-25(17-23)34(22-9-6-10-22)27(26(24)28-30-18(2)37-32-28)19-11-13-20(14-12-19)31-29(35)33(3)21-7-5-8-21/h11-14,16-17,21-23H,4-10,15H2,1-3H3,(H,31,35). The monoisotopic (exact) mass is 501 g/mol. The Balaban J connectivity index is 1.44. The van der Waals surface area contributed by atoms with Gasteiger partial charge in [-0.2, -0.15) is 4.98 Å². The van der Waals surface area contributed by atoms with Crippen molar-refractivity contribution < 1.29 is 14.1 Å². The Labute approximate surface area is 217 Å². The van der Waals surface area contributed by atoms with E-state index in [9.17, 15) is 4.79 Å². The van der Waals surface area contributed by atoms with Crippen molar-refractivity contribution in [1.29, 1.82) is 0 Å². The molecule has 0 bridgehead atoms. The molecule has 2 amide bonds. The molecule has 1 aromatic carbocycles. The summed E-state index contributed by atoms with van der Waals surface area (Å²) in [5.41, 5.74) is 3.97. The number of ether oxygens (including phenoxy) is 1. The van der Waals surface area contributed by atoms with Crippen LogP contribution >= 0.6 is 0 Å². The van der Waals surface area contributed by atoms with Gasteiger partial charge in [0.2, 0.25) is 11.7 Å². The summed E-state index contributed by atoms with van der Waals surface area (Å²) < 4.78 is 13.9. The van der Waals surface area contributed by atoms with Crippen molar-refractivity contribution in [3.63, 3.8) is 0 Å². The molecule has 0 radical (unpaired) electrons. The van der Waals surface area contributed by atoms with Gasteiger partial charge in [-0.05, 0) is 75.6 Å². The summed E-state index contributed by atoms with van der Waals surface area (Å²) in [5.74, 6) is 1.16. The molecular formula is C29H35N5O3. The van der Waals surface area contributed by atoms with E-state index in [1.54, 1.807) is 0 Å². The van der Waals surface area contributed by atoms with E-state index in [0.717, 1.165) is 59.8 Å². The lowest BCUT2D eigenvalue weighted by atomic mass is 9.92.